The number of hydrogen-bond acceptors (Lipinski definition) is 4. The minimum Gasteiger partial charge on any atom is -0.490 e. The fourth-order valence-corrected chi connectivity index (χ4v) is 3.09. The summed E-state index contributed by atoms with van der Waals surface area (Å²) in [6, 6.07) is 7.26. The standard InChI is InChI=1S/C20H24F3N5O2/c1-5-29-15-8-6-7-13-9-16(30-17(13)15)12(2)26-19(24-3)25-10-14-11-28(4)27-18(14)20(21,22)23/h6-9,11-12H,5,10H2,1-4H3,(H2,24,25,26). The van der Waals surface area contributed by atoms with Gasteiger partial charge in [0.2, 0.25) is 0 Å². The number of aromatic nitrogens is 2. The van der Waals surface area contributed by atoms with Crippen LogP contribution in [0.5, 0.6) is 5.75 Å². The Kier molecular flexibility index (Phi) is 6.23. The zero-order valence-electron chi connectivity index (χ0n) is 17.2. The van der Waals surface area contributed by atoms with Gasteiger partial charge in [0.25, 0.3) is 0 Å². The van der Waals surface area contributed by atoms with Crippen molar-refractivity contribution in [3.8, 4) is 5.75 Å². The van der Waals surface area contributed by atoms with E-state index < -0.39 is 11.9 Å². The highest BCUT2D eigenvalue weighted by atomic mass is 19.4. The zero-order valence-corrected chi connectivity index (χ0v) is 17.2. The number of nitrogens with zero attached hydrogens (tertiary/aromatic N) is 3. The van der Waals surface area contributed by atoms with Crippen LogP contribution in [0.15, 0.2) is 39.9 Å². The van der Waals surface area contributed by atoms with Crippen molar-refractivity contribution in [2.75, 3.05) is 13.7 Å². The molecule has 1 unspecified atom stereocenters. The van der Waals surface area contributed by atoms with Gasteiger partial charge >= 0.3 is 6.18 Å². The Hall–Kier alpha value is -3.17. The Morgan fingerprint density at radius 3 is 2.80 bits per heavy atom. The highest BCUT2D eigenvalue weighted by molar-refractivity contribution is 5.84. The highest BCUT2D eigenvalue weighted by Gasteiger charge is 2.36. The number of furan rings is 1. The minimum absolute atomic E-state index is 0.0331. The van der Waals surface area contributed by atoms with Gasteiger partial charge in [-0.05, 0) is 26.0 Å². The molecule has 2 aromatic heterocycles. The van der Waals surface area contributed by atoms with Gasteiger partial charge < -0.3 is 19.8 Å². The Morgan fingerprint density at radius 1 is 1.37 bits per heavy atom. The van der Waals surface area contributed by atoms with Gasteiger partial charge in [0.05, 0.1) is 12.6 Å². The molecule has 1 atom stereocenters. The van der Waals surface area contributed by atoms with E-state index >= 15 is 0 Å². The number of ether oxygens (including phenoxy) is 1. The Balaban J connectivity index is 1.71. The van der Waals surface area contributed by atoms with E-state index in [1.165, 1.54) is 13.2 Å². The van der Waals surface area contributed by atoms with E-state index in [2.05, 4.69) is 20.7 Å². The molecule has 0 spiro atoms. The van der Waals surface area contributed by atoms with Crippen molar-refractivity contribution in [1.82, 2.24) is 20.4 Å². The number of alkyl halides is 3. The SMILES string of the molecule is CCOc1cccc2cc(C(C)NC(=NC)NCc3cn(C)nc3C(F)(F)F)oc12. The molecule has 0 aliphatic carbocycles. The van der Waals surface area contributed by atoms with E-state index in [-0.39, 0.29) is 18.2 Å². The summed E-state index contributed by atoms with van der Waals surface area (Å²) in [6.45, 7) is 4.21. The molecule has 0 saturated carbocycles. The molecule has 2 heterocycles. The van der Waals surface area contributed by atoms with Gasteiger partial charge in [-0.3, -0.25) is 9.67 Å². The van der Waals surface area contributed by atoms with Crippen LogP contribution in [-0.4, -0.2) is 29.4 Å². The molecule has 3 rings (SSSR count). The third-order valence-electron chi connectivity index (χ3n) is 4.45. The van der Waals surface area contributed by atoms with Gasteiger partial charge in [-0.1, -0.05) is 12.1 Å². The van der Waals surface area contributed by atoms with Gasteiger partial charge in [0.15, 0.2) is 23.0 Å². The summed E-state index contributed by atoms with van der Waals surface area (Å²) in [6.07, 6.45) is -3.18. The van der Waals surface area contributed by atoms with Crippen LogP contribution in [0.25, 0.3) is 11.0 Å². The van der Waals surface area contributed by atoms with E-state index in [1.54, 1.807) is 7.05 Å². The number of nitrogens with one attached hydrogen (secondary N) is 2. The number of para-hydroxylation sites is 1. The fraction of sp³-hybridized carbons (Fsp3) is 0.400. The third-order valence-corrected chi connectivity index (χ3v) is 4.45. The van der Waals surface area contributed by atoms with Gasteiger partial charge in [0.1, 0.15) is 5.76 Å². The molecule has 0 amide bonds. The van der Waals surface area contributed by atoms with Crippen LogP contribution in [0.1, 0.15) is 36.9 Å². The third kappa shape index (κ3) is 4.69. The number of fused-ring (bicyclic) bond motifs is 1. The maximum atomic E-state index is 13.1. The molecule has 0 radical (unpaired) electrons. The van der Waals surface area contributed by atoms with E-state index in [4.69, 9.17) is 9.15 Å². The lowest BCUT2D eigenvalue weighted by molar-refractivity contribution is -0.142. The van der Waals surface area contributed by atoms with Crippen molar-refractivity contribution in [1.29, 1.82) is 0 Å². The average Bonchev–Trinajstić information content (AvgIpc) is 3.29. The van der Waals surface area contributed by atoms with Gasteiger partial charge in [0, 0.05) is 37.8 Å². The van der Waals surface area contributed by atoms with Crippen molar-refractivity contribution < 1.29 is 22.3 Å². The predicted octanol–water partition coefficient (Wildman–Crippen LogP) is 4.01. The number of hydrogen-bond donors (Lipinski definition) is 2. The molecular weight excluding hydrogens is 399 g/mol. The van der Waals surface area contributed by atoms with Crippen molar-refractivity contribution in [3.05, 3.63) is 47.5 Å². The summed E-state index contributed by atoms with van der Waals surface area (Å²) in [5.74, 6) is 1.65. The summed E-state index contributed by atoms with van der Waals surface area (Å²) in [4.78, 5) is 4.09. The first-order chi connectivity index (χ1) is 14.2. The second-order valence-electron chi connectivity index (χ2n) is 6.72. The monoisotopic (exact) mass is 423 g/mol. The van der Waals surface area contributed by atoms with Crippen molar-refractivity contribution in [2.45, 2.75) is 32.6 Å². The average molecular weight is 423 g/mol. The molecule has 0 aliphatic heterocycles. The smallest absolute Gasteiger partial charge is 0.435 e. The molecule has 3 aromatic rings. The number of halogens is 3. The summed E-state index contributed by atoms with van der Waals surface area (Å²) in [7, 11) is 2.99. The van der Waals surface area contributed by atoms with Crippen LogP contribution in [0.2, 0.25) is 0 Å². The Bertz CT molecular complexity index is 1040. The van der Waals surface area contributed by atoms with Crippen LogP contribution in [0.3, 0.4) is 0 Å². The molecular formula is C20H24F3N5O2. The molecule has 0 saturated heterocycles. The first kappa shape index (κ1) is 21.5. The molecule has 162 valence electrons. The Labute approximate surface area is 171 Å². The van der Waals surface area contributed by atoms with Crippen LogP contribution in [0.4, 0.5) is 13.2 Å². The summed E-state index contributed by atoms with van der Waals surface area (Å²) in [5, 5.41) is 10.4. The maximum absolute atomic E-state index is 13.1. The number of aryl methyl sites for hydroxylation is 1. The van der Waals surface area contributed by atoms with Crippen LogP contribution in [-0.2, 0) is 19.8 Å². The Morgan fingerprint density at radius 2 is 2.13 bits per heavy atom. The first-order valence-corrected chi connectivity index (χ1v) is 9.45. The number of aliphatic imine (C=N–C) groups is 1. The van der Waals surface area contributed by atoms with Gasteiger partial charge in [-0.15, -0.1) is 0 Å². The molecule has 30 heavy (non-hydrogen) atoms. The topological polar surface area (TPSA) is 76.6 Å². The molecule has 0 bridgehead atoms. The number of guanidine groups is 1. The van der Waals surface area contributed by atoms with Gasteiger partial charge in [-0.2, -0.15) is 18.3 Å². The van der Waals surface area contributed by atoms with Crippen LogP contribution in [0, 0.1) is 0 Å². The van der Waals surface area contributed by atoms with E-state index in [0.717, 1.165) is 10.1 Å². The van der Waals surface area contributed by atoms with E-state index in [9.17, 15) is 13.2 Å². The lowest BCUT2D eigenvalue weighted by atomic mass is 10.2. The van der Waals surface area contributed by atoms with Crippen molar-refractivity contribution >= 4 is 16.9 Å². The zero-order chi connectivity index (χ0) is 21.9. The largest absolute Gasteiger partial charge is 0.490 e. The lowest BCUT2D eigenvalue weighted by Crippen LogP contribution is -2.38. The van der Waals surface area contributed by atoms with Crippen LogP contribution >= 0.6 is 0 Å². The first-order valence-electron chi connectivity index (χ1n) is 9.45. The summed E-state index contributed by atoms with van der Waals surface area (Å²) in [5.41, 5.74) is -0.233. The number of rotatable bonds is 6. The molecule has 1 aromatic carbocycles. The summed E-state index contributed by atoms with van der Waals surface area (Å²) >= 11 is 0. The molecule has 10 heteroatoms. The van der Waals surface area contributed by atoms with E-state index in [1.807, 2.05) is 38.1 Å². The number of benzene rings is 1. The highest BCUT2D eigenvalue weighted by Crippen LogP contribution is 2.32. The second-order valence-corrected chi connectivity index (χ2v) is 6.72. The minimum atomic E-state index is -4.52. The maximum Gasteiger partial charge on any atom is 0.435 e. The lowest BCUT2D eigenvalue weighted by Gasteiger charge is -2.16. The molecule has 0 fully saturated rings. The van der Waals surface area contributed by atoms with Gasteiger partial charge in [-0.25, -0.2) is 0 Å². The molecule has 7 nitrogen and oxygen atoms in total. The fourth-order valence-electron chi connectivity index (χ4n) is 3.09. The van der Waals surface area contributed by atoms with Crippen molar-refractivity contribution in [2.24, 2.45) is 12.0 Å². The van der Waals surface area contributed by atoms with E-state index in [0.29, 0.717) is 29.7 Å². The summed E-state index contributed by atoms with van der Waals surface area (Å²) < 4.78 is 52.0. The van der Waals surface area contributed by atoms with Crippen LogP contribution < -0.4 is 15.4 Å². The quantitative estimate of drug-likeness (QED) is 0.463. The molecule has 0 aliphatic rings. The molecule has 2 N–H and O–H groups in total. The van der Waals surface area contributed by atoms with Crippen molar-refractivity contribution in [3.63, 3.8) is 0 Å². The second kappa shape index (κ2) is 8.68. The normalized spacial score (nSPS) is 13.5. The predicted molar refractivity (Wildman–Crippen MR) is 107 cm³/mol.